The number of anilines is 1. The fraction of sp³-hybridized carbons (Fsp3) is 0.480. The lowest BCUT2D eigenvalue weighted by Gasteiger charge is -2.48. The molecule has 1 spiro atoms. The standard InChI is InChI=1S/C25H31ClN2O5S/c1-15(2)32-23-18(7-5-8-20(23)28-34(4,30)31)16(3)24(29)27-21-14-25(11-6-12-25)33-22-10-9-17(26)13-19(21)22/h5,7-10,13,15-16,21,28H,6,11-12,14H2,1-4H3,(H,27,29). The number of carbonyl (C=O) groups is 1. The van der Waals surface area contributed by atoms with Crippen LogP contribution in [0, 0.1) is 0 Å². The number of hydrogen-bond acceptors (Lipinski definition) is 5. The van der Waals surface area contributed by atoms with Crippen molar-refractivity contribution in [3.63, 3.8) is 0 Å². The minimum atomic E-state index is -3.52. The molecule has 0 saturated heterocycles. The van der Waals surface area contributed by atoms with Crippen LogP contribution in [-0.4, -0.2) is 32.3 Å². The Balaban J connectivity index is 1.63. The van der Waals surface area contributed by atoms with Crippen molar-refractivity contribution in [3.05, 3.63) is 52.5 Å². The number of carbonyl (C=O) groups excluding carboxylic acids is 1. The van der Waals surface area contributed by atoms with Crippen LogP contribution in [0.15, 0.2) is 36.4 Å². The fourth-order valence-corrected chi connectivity index (χ4v) is 5.37. The third-order valence-corrected chi connectivity index (χ3v) is 7.21. The molecule has 0 radical (unpaired) electrons. The van der Waals surface area contributed by atoms with Crippen LogP contribution in [-0.2, 0) is 14.8 Å². The zero-order valence-electron chi connectivity index (χ0n) is 19.9. The molecule has 4 rings (SSSR count). The van der Waals surface area contributed by atoms with E-state index in [1.54, 1.807) is 31.2 Å². The summed E-state index contributed by atoms with van der Waals surface area (Å²) >= 11 is 6.25. The Bertz CT molecular complexity index is 1190. The monoisotopic (exact) mass is 506 g/mol. The van der Waals surface area contributed by atoms with Gasteiger partial charge in [0, 0.05) is 22.6 Å². The molecule has 2 aromatic carbocycles. The minimum Gasteiger partial charge on any atom is -0.488 e. The number of nitrogens with one attached hydrogen (secondary N) is 2. The van der Waals surface area contributed by atoms with Crippen molar-refractivity contribution in [3.8, 4) is 11.5 Å². The van der Waals surface area contributed by atoms with Crippen molar-refractivity contribution in [2.75, 3.05) is 11.0 Å². The van der Waals surface area contributed by atoms with Crippen LogP contribution in [0.3, 0.4) is 0 Å². The molecule has 2 N–H and O–H groups in total. The maximum Gasteiger partial charge on any atom is 0.229 e. The first kappa shape index (κ1) is 24.7. The van der Waals surface area contributed by atoms with Crippen LogP contribution >= 0.6 is 11.6 Å². The Morgan fingerprint density at radius 2 is 1.94 bits per heavy atom. The summed E-state index contributed by atoms with van der Waals surface area (Å²) in [6.07, 6.45) is 4.59. The molecular weight excluding hydrogens is 476 g/mol. The van der Waals surface area contributed by atoms with Crippen molar-refractivity contribution in [2.24, 2.45) is 0 Å². The Hall–Kier alpha value is -2.45. The quantitative estimate of drug-likeness (QED) is 0.540. The molecule has 1 heterocycles. The van der Waals surface area contributed by atoms with Gasteiger partial charge >= 0.3 is 0 Å². The van der Waals surface area contributed by atoms with Crippen molar-refractivity contribution in [2.45, 2.75) is 70.1 Å². The van der Waals surface area contributed by atoms with Gasteiger partial charge < -0.3 is 14.8 Å². The van der Waals surface area contributed by atoms with Crippen molar-refractivity contribution < 1.29 is 22.7 Å². The molecular formula is C25H31ClN2O5S. The number of sulfonamides is 1. The minimum absolute atomic E-state index is 0.183. The highest BCUT2D eigenvalue weighted by Crippen LogP contribution is 2.49. The average molecular weight is 507 g/mol. The molecule has 1 aliphatic heterocycles. The third kappa shape index (κ3) is 5.28. The molecule has 9 heteroatoms. The van der Waals surface area contributed by atoms with Gasteiger partial charge in [-0.15, -0.1) is 0 Å². The highest BCUT2D eigenvalue weighted by atomic mass is 35.5. The van der Waals surface area contributed by atoms with Gasteiger partial charge in [0.05, 0.1) is 30.0 Å². The van der Waals surface area contributed by atoms with Crippen LogP contribution in [0.2, 0.25) is 5.02 Å². The van der Waals surface area contributed by atoms with Gasteiger partial charge in [0.2, 0.25) is 15.9 Å². The number of benzene rings is 2. The number of halogens is 1. The smallest absolute Gasteiger partial charge is 0.229 e. The number of fused-ring (bicyclic) bond motifs is 1. The van der Waals surface area contributed by atoms with E-state index in [1.165, 1.54) is 0 Å². The Morgan fingerprint density at radius 3 is 2.56 bits per heavy atom. The summed E-state index contributed by atoms with van der Waals surface area (Å²) in [7, 11) is -3.52. The SMILES string of the molecule is CC(C)Oc1c(NS(C)(=O)=O)cccc1C(C)C(=O)NC1CC2(CCC2)Oc2ccc(Cl)cc21. The van der Waals surface area contributed by atoms with Crippen LogP contribution < -0.4 is 19.5 Å². The van der Waals surface area contributed by atoms with Gasteiger partial charge in [0.1, 0.15) is 17.1 Å². The predicted molar refractivity (Wildman–Crippen MR) is 133 cm³/mol. The molecule has 2 aliphatic rings. The first-order valence-corrected chi connectivity index (χ1v) is 13.8. The number of hydrogen-bond donors (Lipinski definition) is 2. The van der Waals surface area contributed by atoms with Gasteiger partial charge in [-0.2, -0.15) is 0 Å². The van der Waals surface area contributed by atoms with E-state index in [2.05, 4.69) is 10.0 Å². The normalized spacial score (nSPS) is 19.5. The molecule has 0 bridgehead atoms. The fourth-order valence-electron chi connectivity index (χ4n) is 4.63. The topological polar surface area (TPSA) is 93.7 Å². The van der Waals surface area contributed by atoms with E-state index >= 15 is 0 Å². The Labute approximate surface area is 206 Å². The summed E-state index contributed by atoms with van der Waals surface area (Å²) in [5.74, 6) is 0.350. The van der Waals surface area contributed by atoms with Crippen LogP contribution in [0.4, 0.5) is 5.69 Å². The predicted octanol–water partition coefficient (Wildman–Crippen LogP) is 5.16. The molecule has 1 amide bonds. The van der Waals surface area contributed by atoms with Crippen LogP contribution in [0.1, 0.15) is 69.5 Å². The van der Waals surface area contributed by atoms with E-state index in [9.17, 15) is 13.2 Å². The molecule has 2 atom stereocenters. The molecule has 1 fully saturated rings. The number of amides is 1. The maximum atomic E-state index is 13.5. The third-order valence-electron chi connectivity index (χ3n) is 6.39. The summed E-state index contributed by atoms with van der Waals surface area (Å²) in [6.45, 7) is 5.50. The van der Waals surface area contributed by atoms with E-state index in [1.807, 2.05) is 26.0 Å². The summed E-state index contributed by atoms with van der Waals surface area (Å²) < 4.78 is 38.5. The second-order valence-electron chi connectivity index (χ2n) is 9.57. The zero-order valence-corrected chi connectivity index (χ0v) is 21.4. The van der Waals surface area contributed by atoms with Crippen molar-refractivity contribution >= 4 is 33.2 Å². The summed E-state index contributed by atoms with van der Waals surface area (Å²) in [5, 5.41) is 3.79. The largest absolute Gasteiger partial charge is 0.488 e. The van der Waals surface area contributed by atoms with Gasteiger partial charge in [-0.1, -0.05) is 23.7 Å². The molecule has 2 aromatic rings. The van der Waals surface area contributed by atoms with Gasteiger partial charge in [-0.25, -0.2) is 8.42 Å². The number of rotatable bonds is 7. The Morgan fingerprint density at radius 1 is 1.21 bits per heavy atom. The molecule has 0 aromatic heterocycles. The highest BCUT2D eigenvalue weighted by molar-refractivity contribution is 7.92. The number of para-hydroxylation sites is 1. The van der Waals surface area contributed by atoms with E-state index in [-0.39, 0.29) is 23.7 Å². The second kappa shape index (κ2) is 9.30. The van der Waals surface area contributed by atoms with E-state index < -0.39 is 15.9 Å². The summed E-state index contributed by atoms with van der Waals surface area (Å²) in [4.78, 5) is 13.5. The molecule has 1 saturated carbocycles. The van der Waals surface area contributed by atoms with Gasteiger partial charge in [-0.3, -0.25) is 9.52 Å². The molecule has 1 aliphatic carbocycles. The van der Waals surface area contributed by atoms with Crippen molar-refractivity contribution in [1.82, 2.24) is 5.32 Å². The molecule has 184 valence electrons. The summed E-state index contributed by atoms with van der Waals surface area (Å²) in [6, 6.07) is 10.4. The highest BCUT2D eigenvalue weighted by Gasteiger charge is 2.46. The lowest BCUT2D eigenvalue weighted by atomic mass is 9.73. The first-order chi connectivity index (χ1) is 16.0. The second-order valence-corrected chi connectivity index (χ2v) is 11.8. The molecule has 34 heavy (non-hydrogen) atoms. The average Bonchev–Trinajstić information content (AvgIpc) is 2.72. The zero-order chi connectivity index (χ0) is 24.7. The van der Waals surface area contributed by atoms with E-state index in [0.29, 0.717) is 28.4 Å². The maximum absolute atomic E-state index is 13.5. The lowest BCUT2D eigenvalue weighted by molar-refractivity contribution is -0.124. The number of ether oxygens (including phenoxy) is 2. The van der Waals surface area contributed by atoms with E-state index in [4.69, 9.17) is 21.1 Å². The van der Waals surface area contributed by atoms with Gasteiger partial charge in [0.25, 0.3) is 0 Å². The van der Waals surface area contributed by atoms with Gasteiger partial charge in [-0.05, 0) is 64.3 Å². The van der Waals surface area contributed by atoms with Gasteiger partial charge in [0.15, 0.2) is 0 Å². The first-order valence-electron chi connectivity index (χ1n) is 11.5. The van der Waals surface area contributed by atoms with Crippen LogP contribution in [0.5, 0.6) is 11.5 Å². The van der Waals surface area contributed by atoms with Crippen molar-refractivity contribution in [1.29, 1.82) is 0 Å². The van der Waals surface area contributed by atoms with Crippen LogP contribution in [0.25, 0.3) is 0 Å². The summed E-state index contributed by atoms with van der Waals surface area (Å²) in [5.41, 5.74) is 1.55. The Kier molecular flexibility index (Phi) is 6.75. The lowest BCUT2D eigenvalue weighted by Crippen LogP contribution is -2.50. The molecule has 7 nitrogen and oxygen atoms in total. The molecule has 2 unspecified atom stereocenters. The van der Waals surface area contributed by atoms with E-state index in [0.717, 1.165) is 36.8 Å².